The Hall–Kier alpha value is -6.71. The topological polar surface area (TPSA) is 21.1 Å². The van der Waals surface area contributed by atoms with Gasteiger partial charge in [-0.05, 0) is 70.8 Å². The maximum atomic E-state index is 5.67. The molecular formula is C48H31N3. The number of aryl methyl sites for hydroxylation is 1. The van der Waals surface area contributed by atoms with E-state index in [1.165, 1.54) is 71.3 Å². The quantitative estimate of drug-likeness (QED) is 0.190. The van der Waals surface area contributed by atoms with Crippen molar-refractivity contribution in [2.24, 2.45) is 0 Å². The van der Waals surface area contributed by atoms with E-state index in [2.05, 4.69) is 186 Å². The van der Waals surface area contributed by atoms with Crippen molar-refractivity contribution in [1.82, 2.24) is 9.55 Å². The standard InChI is InChI=1S/C48H31N3/c1-30-34-19-7-9-24-40(34)49-48(44(30)39-23-13-27-43-46(39)38-21-8-10-25-41(38)50(43)33-17-3-2-4-18-33)51-42-26-12-16-32-15-11-22-36(45(32)42)37-29-28-31-14-5-6-20-35(31)47(37)51/h2-29H,1H3. The molecule has 0 aliphatic carbocycles. The summed E-state index contributed by atoms with van der Waals surface area (Å²) in [5, 5.41) is 8.50. The molecule has 2 aromatic heterocycles. The molecule has 0 fully saturated rings. The third-order valence-electron chi connectivity index (χ3n) is 10.9. The molecule has 0 radical (unpaired) electrons. The number of hydrogen-bond acceptors (Lipinski definition) is 2. The predicted molar refractivity (Wildman–Crippen MR) is 215 cm³/mol. The van der Waals surface area contributed by atoms with Crippen LogP contribution in [0.1, 0.15) is 5.56 Å². The fraction of sp³-hybridized carbons (Fsp3) is 0.0208. The molecule has 11 rings (SSSR count). The lowest BCUT2D eigenvalue weighted by molar-refractivity contribution is 1.18. The summed E-state index contributed by atoms with van der Waals surface area (Å²) in [5.74, 6) is 0.940. The largest absolute Gasteiger partial charge is 0.309 e. The van der Waals surface area contributed by atoms with Gasteiger partial charge in [0, 0.05) is 43.7 Å². The van der Waals surface area contributed by atoms with Crippen LogP contribution in [-0.4, -0.2) is 9.55 Å². The van der Waals surface area contributed by atoms with Gasteiger partial charge in [-0.2, -0.15) is 0 Å². The molecule has 8 aromatic carbocycles. The Balaban J connectivity index is 1.33. The van der Waals surface area contributed by atoms with Crippen molar-refractivity contribution in [2.75, 3.05) is 4.90 Å². The van der Waals surface area contributed by atoms with Crippen molar-refractivity contribution in [3.8, 4) is 27.9 Å². The Labute approximate surface area is 295 Å². The predicted octanol–water partition coefficient (Wildman–Crippen LogP) is 13.1. The molecule has 1 aliphatic heterocycles. The van der Waals surface area contributed by atoms with Crippen LogP contribution in [0.4, 0.5) is 17.2 Å². The molecule has 0 saturated heterocycles. The average Bonchev–Trinajstić information content (AvgIpc) is 3.53. The third kappa shape index (κ3) is 3.92. The van der Waals surface area contributed by atoms with E-state index in [4.69, 9.17) is 4.98 Å². The van der Waals surface area contributed by atoms with Gasteiger partial charge in [0.2, 0.25) is 0 Å². The van der Waals surface area contributed by atoms with Crippen molar-refractivity contribution in [3.05, 3.63) is 175 Å². The number of benzene rings is 8. The summed E-state index contributed by atoms with van der Waals surface area (Å²) in [6.45, 7) is 2.28. The van der Waals surface area contributed by atoms with E-state index in [-0.39, 0.29) is 0 Å². The van der Waals surface area contributed by atoms with Crippen LogP contribution in [0.2, 0.25) is 0 Å². The van der Waals surface area contributed by atoms with E-state index in [1.54, 1.807) is 0 Å². The van der Waals surface area contributed by atoms with Gasteiger partial charge in [0.25, 0.3) is 0 Å². The van der Waals surface area contributed by atoms with Crippen molar-refractivity contribution in [3.63, 3.8) is 0 Å². The molecule has 0 spiro atoms. The molecule has 3 heteroatoms. The molecule has 238 valence electrons. The molecule has 3 heterocycles. The van der Waals surface area contributed by atoms with Crippen LogP contribution in [0.15, 0.2) is 170 Å². The van der Waals surface area contributed by atoms with Gasteiger partial charge in [0.05, 0.1) is 27.9 Å². The first-order chi connectivity index (χ1) is 25.3. The lowest BCUT2D eigenvalue weighted by Gasteiger charge is -2.35. The number of hydrogen-bond donors (Lipinski definition) is 0. The van der Waals surface area contributed by atoms with Crippen molar-refractivity contribution < 1.29 is 0 Å². The van der Waals surface area contributed by atoms with Gasteiger partial charge in [-0.15, -0.1) is 0 Å². The summed E-state index contributed by atoms with van der Waals surface area (Å²) in [6, 6.07) is 61.6. The van der Waals surface area contributed by atoms with Crippen molar-refractivity contribution in [1.29, 1.82) is 0 Å². The molecule has 0 unspecified atom stereocenters. The van der Waals surface area contributed by atoms with Crippen molar-refractivity contribution >= 4 is 71.4 Å². The zero-order valence-electron chi connectivity index (χ0n) is 28.0. The van der Waals surface area contributed by atoms with E-state index in [1.807, 2.05) is 0 Å². The normalized spacial score (nSPS) is 12.4. The van der Waals surface area contributed by atoms with Crippen LogP contribution in [0.25, 0.3) is 82.2 Å². The SMILES string of the molecule is Cc1c(-c2cccc3c2c2ccccc2n3-c2ccccc2)c(N2c3c(ccc4ccccc34)-c3cccc4cccc2c34)nc2ccccc12. The van der Waals surface area contributed by atoms with E-state index in [0.717, 1.165) is 33.7 Å². The van der Waals surface area contributed by atoms with E-state index >= 15 is 0 Å². The summed E-state index contributed by atoms with van der Waals surface area (Å²) in [6.07, 6.45) is 0. The molecule has 3 nitrogen and oxygen atoms in total. The molecule has 0 saturated carbocycles. The van der Waals surface area contributed by atoms with Crippen molar-refractivity contribution in [2.45, 2.75) is 6.92 Å². The minimum absolute atomic E-state index is 0.940. The minimum atomic E-state index is 0.940. The Morgan fingerprint density at radius 1 is 0.451 bits per heavy atom. The first-order valence-corrected chi connectivity index (χ1v) is 17.6. The van der Waals surface area contributed by atoms with Gasteiger partial charge >= 0.3 is 0 Å². The number of nitrogens with zero attached hydrogens (tertiary/aromatic N) is 3. The van der Waals surface area contributed by atoms with Crippen LogP contribution < -0.4 is 4.90 Å². The Morgan fingerprint density at radius 2 is 1.12 bits per heavy atom. The Bertz CT molecular complexity index is 3040. The minimum Gasteiger partial charge on any atom is -0.309 e. The Morgan fingerprint density at radius 3 is 2.00 bits per heavy atom. The second-order valence-corrected chi connectivity index (χ2v) is 13.5. The fourth-order valence-corrected chi connectivity index (χ4v) is 8.71. The van der Waals surface area contributed by atoms with Gasteiger partial charge in [-0.3, -0.25) is 4.90 Å². The van der Waals surface area contributed by atoms with Gasteiger partial charge in [0.1, 0.15) is 5.82 Å². The molecular weight excluding hydrogens is 619 g/mol. The highest BCUT2D eigenvalue weighted by Crippen LogP contribution is 2.55. The van der Waals surface area contributed by atoms with Crippen LogP contribution in [0.3, 0.4) is 0 Å². The van der Waals surface area contributed by atoms with Crippen LogP contribution >= 0.6 is 0 Å². The molecule has 0 amide bonds. The smallest absolute Gasteiger partial charge is 0.146 e. The Kier molecular flexibility index (Phi) is 5.88. The van der Waals surface area contributed by atoms with E-state index < -0.39 is 0 Å². The summed E-state index contributed by atoms with van der Waals surface area (Å²) in [5.41, 5.74) is 12.8. The molecule has 1 aliphatic rings. The second-order valence-electron chi connectivity index (χ2n) is 13.5. The lowest BCUT2D eigenvalue weighted by atomic mass is 9.87. The number of rotatable bonds is 3. The van der Waals surface area contributed by atoms with E-state index in [0.29, 0.717) is 0 Å². The van der Waals surface area contributed by atoms with Gasteiger partial charge in [0.15, 0.2) is 0 Å². The maximum absolute atomic E-state index is 5.67. The first-order valence-electron chi connectivity index (χ1n) is 17.6. The first kappa shape index (κ1) is 28.2. The number of pyridine rings is 1. The summed E-state index contributed by atoms with van der Waals surface area (Å²) >= 11 is 0. The molecule has 0 N–H and O–H groups in total. The summed E-state index contributed by atoms with van der Waals surface area (Å²) < 4.78 is 2.40. The van der Waals surface area contributed by atoms with Crippen LogP contribution in [-0.2, 0) is 0 Å². The van der Waals surface area contributed by atoms with Crippen LogP contribution in [0, 0.1) is 6.92 Å². The highest BCUT2D eigenvalue weighted by atomic mass is 15.2. The number of fused-ring (bicyclic) bond motifs is 8. The van der Waals surface area contributed by atoms with Crippen LogP contribution in [0.5, 0.6) is 0 Å². The zero-order chi connectivity index (χ0) is 33.6. The van der Waals surface area contributed by atoms with Gasteiger partial charge in [-0.25, -0.2) is 4.98 Å². The molecule has 0 atom stereocenters. The number of aromatic nitrogens is 2. The highest BCUT2D eigenvalue weighted by Gasteiger charge is 2.32. The number of anilines is 3. The average molecular weight is 650 g/mol. The second kappa shape index (κ2) is 10.6. The zero-order valence-corrected chi connectivity index (χ0v) is 28.0. The summed E-state index contributed by atoms with van der Waals surface area (Å²) in [4.78, 5) is 8.14. The fourth-order valence-electron chi connectivity index (χ4n) is 8.71. The molecule has 51 heavy (non-hydrogen) atoms. The highest BCUT2D eigenvalue weighted by molar-refractivity contribution is 6.22. The van der Waals surface area contributed by atoms with Gasteiger partial charge < -0.3 is 4.57 Å². The van der Waals surface area contributed by atoms with E-state index in [9.17, 15) is 0 Å². The monoisotopic (exact) mass is 649 g/mol. The summed E-state index contributed by atoms with van der Waals surface area (Å²) in [7, 11) is 0. The maximum Gasteiger partial charge on any atom is 0.146 e. The third-order valence-corrected chi connectivity index (χ3v) is 10.9. The molecule has 10 aromatic rings. The van der Waals surface area contributed by atoms with Gasteiger partial charge in [-0.1, -0.05) is 133 Å². The lowest BCUT2D eigenvalue weighted by Crippen LogP contribution is -2.18. The molecule has 0 bridgehead atoms. The number of para-hydroxylation sites is 3.